The zero-order chi connectivity index (χ0) is 10.6. The molecule has 0 aromatic carbocycles. The minimum Gasteiger partial charge on any atom is -0.342 e. The van der Waals surface area contributed by atoms with Gasteiger partial charge in [0.1, 0.15) is 0 Å². The Bertz CT molecular complexity index is 271. The molecule has 1 N–H and O–H groups in total. The van der Waals surface area contributed by atoms with Gasteiger partial charge in [-0.15, -0.1) is 0 Å². The van der Waals surface area contributed by atoms with E-state index in [0.29, 0.717) is 0 Å². The highest BCUT2D eigenvalue weighted by Gasteiger charge is 2.13. The Balaban J connectivity index is 4.03. The Morgan fingerprint density at radius 2 is 1.92 bits per heavy atom. The number of nitrogens with one attached hydrogen (secondary N) is 1. The number of carbonyl (C=O) groups is 1. The summed E-state index contributed by atoms with van der Waals surface area (Å²) >= 11 is 0. The summed E-state index contributed by atoms with van der Waals surface area (Å²) in [5, 5.41) is 0. The number of sulfonamides is 1. The van der Waals surface area contributed by atoms with Crippen molar-refractivity contribution in [2.24, 2.45) is 0 Å². The van der Waals surface area contributed by atoms with Crippen LogP contribution in [0.15, 0.2) is 0 Å². The highest BCUT2D eigenvalue weighted by atomic mass is 32.2. The van der Waals surface area contributed by atoms with Crippen LogP contribution in [-0.2, 0) is 14.8 Å². The topological polar surface area (TPSA) is 66.5 Å². The van der Waals surface area contributed by atoms with Gasteiger partial charge in [0.25, 0.3) is 0 Å². The average Bonchev–Trinajstić information content (AvgIpc) is 1.97. The second kappa shape index (κ2) is 4.57. The minimum absolute atomic E-state index is 0.0776. The molecule has 0 heterocycles. The lowest BCUT2D eigenvalue weighted by Crippen LogP contribution is -2.40. The molecule has 0 bridgehead atoms. The average molecular weight is 208 g/mol. The molecule has 0 aliphatic carbocycles. The molecule has 13 heavy (non-hydrogen) atoms. The first-order valence-electron chi connectivity index (χ1n) is 3.94. The zero-order valence-corrected chi connectivity index (χ0v) is 9.18. The van der Waals surface area contributed by atoms with E-state index in [9.17, 15) is 13.2 Å². The molecule has 1 amide bonds. The highest BCUT2D eigenvalue weighted by Crippen LogP contribution is 1.93. The summed E-state index contributed by atoms with van der Waals surface area (Å²) in [6.07, 6.45) is 1.02. The lowest BCUT2D eigenvalue weighted by molar-refractivity contribution is -0.130. The van der Waals surface area contributed by atoms with Gasteiger partial charge >= 0.3 is 0 Å². The third-order valence-electron chi connectivity index (χ3n) is 1.65. The Morgan fingerprint density at radius 1 is 1.46 bits per heavy atom. The van der Waals surface area contributed by atoms with Gasteiger partial charge < -0.3 is 4.90 Å². The molecule has 0 atom stereocenters. The van der Waals surface area contributed by atoms with Gasteiger partial charge in [0, 0.05) is 13.1 Å². The number of nitrogens with zero attached hydrogens (tertiary/aromatic N) is 1. The van der Waals surface area contributed by atoms with Crippen LogP contribution < -0.4 is 4.72 Å². The standard InChI is InChI=1S/C7H16N2O3S/c1-6(2)9(3)7(10)5-8-13(4,11)12/h6,8H,5H2,1-4H3. The summed E-state index contributed by atoms with van der Waals surface area (Å²) in [4.78, 5) is 12.7. The molecule has 0 aliphatic heterocycles. The molecule has 0 saturated heterocycles. The third kappa shape index (κ3) is 5.59. The van der Waals surface area contributed by atoms with Crippen molar-refractivity contribution in [3.05, 3.63) is 0 Å². The van der Waals surface area contributed by atoms with Crippen molar-refractivity contribution < 1.29 is 13.2 Å². The molecule has 0 unspecified atom stereocenters. The molecule has 0 aromatic heterocycles. The number of hydrogen-bond acceptors (Lipinski definition) is 3. The Morgan fingerprint density at radius 3 is 2.23 bits per heavy atom. The first kappa shape index (κ1) is 12.4. The maximum Gasteiger partial charge on any atom is 0.237 e. The van der Waals surface area contributed by atoms with Crippen LogP contribution in [0.2, 0.25) is 0 Å². The summed E-state index contributed by atoms with van der Waals surface area (Å²) < 4.78 is 23.4. The van der Waals surface area contributed by atoms with Gasteiger partial charge in [0.15, 0.2) is 0 Å². The zero-order valence-electron chi connectivity index (χ0n) is 8.36. The van der Waals surface area contributed by atoms with Crippen molar-refractivity contribution in [1.29, 1.82) is 0 Å². The highest BCUT2D eigenvalue weighted by molar-refractivity contribution is 7.88. The van der Waals surface area contributed by atoms with Gasteiger partial charge in [-0.25, -0.2) is 13.1 Å². The molecule has 0 saturated carbocycles. The molecule has 78 valence electrons. The van der Waals surface area contributed by atoms with Gasteiger partial charge in [0.2, 0.25) is 15.9 Å². The molecule has 5 nitrogen and oxygen atoms in total. The largest absolute Gasteiger partial charge is 0.342 e. The van der Waals surface area contributed by atoms with Crippen molar-refractivity contribution in [1.82, 2.24) is 9.62 Å². The van der Waals surface area contributed by atoms with E-state index in [1.807, 2.05) is 13.8 Å². The van der Waals surface area contributed by atoms with E-state index in [0.717, 1.165) is 6.26 Å². The monoisotopic (exact) mass is 208 g/mol. The molecule has 0 aliphatic rings. The van der Waals surface area contributed by atoms with E-state index >= 15 is 0 Å². The Kier molecular flexibility index (Phi) is 4.35. The summed E-state index contributed by atoms with van der Waals surface area (Å²) in [6.45, 7) is 3.55. The summed E-state index contributed by atoms with van der Waals surface area (Å²) in [5.74, 6) is -0.236. The predicted molar refractivity (Wildman–Crippen MR) is 50.8 cm³/mol. The minimum atomic E-state index is -3.28. The first-order valence-corrected chi connectivity index (χ1v) is 5.83. The fourth-order valence-corrected chi connectivity index (χ4v) is 0.991. The predicted octanol–water partition coefficient (Wildman–Crippen LogP) is -0.598. The lowest BCUT2D eigenvalue weighted by atomic mass is 10.3. The van der Waals surface area contributed by atoms with Crippen LogP contribution in [0, 0.1) is 0 Å². The number of carbonyl (C=O) groups excluding carboxylic acids is 1. The van der Waals surface area contributed by atoms with Crippen molar-refractivity contribution in [2.75, 3.05) is 19.8 Å². The van der Waals surface area contributed by atoms with Crippen LogP contribution in [0.1, 0.15) is 13.8 Å². The second-order valence-electron chi connectivity index (χ2n) is 3.19. The third-order valence-corrected chi connectivity index (χ3v) is 2.32. The molecular weight excluding hydrogens is 192 g/mol. The van der Waals surface area contributed by atoms with E-state index in [1.54, 1.807) is 7.05 Å². The van der Waals surface area contributed by atoms with Gasteiger partial charge in [-0.05, 0) is 13.8 Å². The Labute approximate surface area is 79.2 Å². The molecule has 0 rings (SSSR count). The summed E-state index contributed by atoms with van der Waals surface area (Å²) in [6, 6.07) is 0.0776. The van der Waals surface area contributed by atoms with Crippen molar-refractivity contribution in [3.8, 4) is 0 Å². The SMILES string of the molecule is CC(C)N(C)C(=O)CNS(C)(=O)=O. The number of rotatable bonds is 4. The summed E-state index contributed by atoms with van der Waals surface area (Å²) in [7, 11) is -1.64. The van der Waals surface area contributed by atoms with E-state index < -0.39 is 10.0 Å². The van der Waals surface area contributed by atoms with E-state index in [1.165, 1.54) is 4.90 Å². The van der Waals surface area contributed by atoms with Crippen LogP contribution in [0.5, 0.6) is 0 Å². The number of hydrogen-bond donors (Lipinski definition) is 1. The lowest BCUT2D eigenvalue weighted by Gasteiger charge is -2.21. The van der Waals surface area contributed by atoms with Gasteiger partial charge in [-0.1, -0.05) is 0 Å². The fraction of sp³-hybridized carbons (Fsp3) is 0.857. The molecule has 6 heteroatoms. The molecular formula is C7H16N2O3S. The summed E-state index contributed by atoms with van der Waals surface area (Å²) in [5.41, 5.74) is 0. The normalized spacial score (nSPS) is 11.8. The molecule has 0 radical (unpaired) electrons. The molecule has 0 spiro atoms. The van der Waals surface area contributed by atoms with Crippen LogP contribution in [-0.4, -0.2) is 45.1 Å². The van der Waals surface area contributed by atoms with Crippen LogP contribution in [0.25, 0.3) is 0 Å². The quantitative estimate of drug-likeness (QED) is 0.671. The van der Waals surface area contributed by atoms with Crippen molar-refractivity contribution >= 4 is 15.9 Å². The second-order valence-corrected chi connectivity index (χ2v) is 5.02. The van der Waals surface area contributed by atoms with E-state index in [-0.39, 0.29) is 18.5 Å². The van der Waals surface area contributed by atoms with E-state index in [2.05, 4.69) is 4.72 Å². The van der Waals surface area contributed by atoms with Gasteiger partial charge in [0.05, 0.1) is 12.8 Å². The smallest absolute Gasteiger partial charge is 0.237 e. The van der Waals surface area contributed by atoms with Crippen molar-refractivity contribution in [2.45, 2.75) is 19.9 Å². The fourth-order valence-electron chi connectivity index (χ4n) is 0.606. The van der Waals surface area contributed by atoms with Crippen LogP contribution in [0.4, 0.5) is 0 Å². The molecule has 0 fully saturated rings. The first-order chi connectivity index (χ1) is 5.74. The van der Waals surface area contributed by atoms with Crippen LogP contribution >= 0.6 is 0 Å². The van der Waals surface area contributed by atoms with Gasteiger partial charge in [-0.3, -0.25) is 4.79 Å². The maximum absolute atomic E-state index is 11.2. The number of amides is 1. The van der Waals surface area contributed by atoms with Gasteiger partial charge in [-0.2, -0.15) is 0 Å². The number of likely N-dealkylation sites (N-methyl/N-ethyl adjacent to an activating group) is 1. The Hall–Kier alpha value is -0.620. The van der Waals surface area contributed by atoms with Crippen LogP contribution in [0.3, 0.4) is 0 Å². The molecule has 0 aromatic rings. The maximum atomic E-state index is 11.2. The van der Waals surface area contributed by atoms with E-state index in [4.69, 9.17) is 0 Å². The van der Waals surface area contributed by atoms with Crippen molar-refractivity contribution in [3.63, 3.8) is 0 Å².